The van der Waals surface area contributed by atoms with Gasteiger partial charge in [0.2, 0.25) is 11.8 Å². The van der Waals surface area contributed by atoms with Crippen LogP contribution in [0.25, 0.3) is 0 Å². The molecule has 108 valence electrons. The van der Waals surface area contributed by atoms with E-state index >= 15 is 0 Å². The van der Waals surface area contributed by atoms with E-state index in [0.29, 0.717) is 13.0 Å². The van der Waals surface area contributed by atoms with Crippen LogP contribution in [0.5, 0.6) is 0 Å². The fourth-order valence-electron chi connectivity index (χ4n) is 2.30. The lowest BCUT2D eigenvalue weighted by Crippen LogP contribution is -2.36. The molecule has 0 saturated carbocycles. The molecule has 5 heteroatoms. The Morgan fingerprint density at radius 1 is 1.35 bits per heavy atom. The highest BCUT2D eigenvalue weighted by atomic mass is 32.2. The van der Waals surface area contributed by atoms with Crippen LogP contribution in [0.1, 0.15) is 20.3 Å². The largest absolute Gasteiger partial charge is 0.354 e. The molecule has 1 heterocycles. The minimum Gasteiger partial charge on any atom is -0.354 e. The molecule has 0 unspecified atom stereocenters. The number of amides is 2. The van der Waals surface area contributed by atoms with E-state index in [9.17, 15) is 9.59 Å². The molecule has 2 amide bonds. The van der Waals surface area contributed by atoms with Crippen molar-refractivity contribution in [2.24, 2.45) is 5.92 Å². The van der Waals surface area contributed by atoms with Gasteiger partial charge in [0.05, 0.1) is 5.92 Å². The maximum absolute atomic E-state index is 12.1. The van der Waals surface area contributed by atoms with E-state index in [-0.39, 0.29) is 23.8 Å². The maximum atomic E-state index is 12.1. The Morgan fingerprint density at radius 2 is 2.00 bits per heavy atom. The molecule has 0 bridgehead atoms. The monoisotopic (exact) mass is 292 g/mol. The fraction of sp³-hybridized carbons (Fsp3) is 0.467. The minimum atomic E-state index is -0.245. The van der Waals surface area contributed by atoms with E-state index in [1.165, 1.54) is 0 Å². The van der Waals surface area contributed by atoms with Crippen LogP contribution in [0.15, 0.2) is 29.2 Å². The summed E-state index contributed by atoms with van der Waals surface area (Å²) in [7, 11) is 0. The maximum Gasteiger partial charge on any atom is 0.227 e. The van der Waals surface area contributed by atoms with Gasteiger partial charge >= 0.3 is 0 Å². The fourth-order valence-corrected chi connectivity index (χ4v) is 2.71. The lowest BCUT2D eigenvalue weighted by Gasteiger charge is -2.17. The Bertz CT molecular complexity index is 499. The van der Waals surface area contributed by atoms with Gasteiger partial charge in [-0.25, -0.2) is 0 Å². The highest BCUT2D eigenvalue weighted by Crippen LogP contribution is 2.27. The second kappa shape index (κ2) is 6.31. The predicted octanol–water partition coefficient (Wildman–Crippen LogP) is 2.29. The van der Waals surface area contributed by atoms with E-state index in [1.54, 1.807) is 16.7 Å². The number of carbonyl (C=O) groups excluding carboxylic acids is 2. The minimum absolute atomic E-state index is 0.0193. The molecular weight excluding hydrogens is 272 g/mol. The molecule has 0 radical (unpaired) electrons. The van der Waals surface area contributed by atoms with Crippen molar-refractivity contribution in [3.05, 3.63) is 24.3 Å². The van der Waals surface area contributed by atoms with Crippen molar-refractivity contribution in [2.45, 2.75) is 31.2 Å². The van der Waals surface area contributed by atoms with Crippen LogP contribution in [0.2, 0.25) is 0 Å². The number of carbonyl (C=O) groups is 2. The number of hydrogen-bond acceptors (Lipinski definition) is 3. The lowest BCUT2D eigenvalue weighted by molar-refractivity contribution is -0.126. The summed E-state index contributed by atoms with van der Waals surface area (Å²) in [5.41, 5.74) is 0.868. The van der Waals surface area contributed by atoms with Gasteiger partial charge < -0.3 is 10.2 Å². The van der Waals surface area contributed by atoms with Gasteiger partial charge in [-0.15, -0.1) is 11.8 Å². The number of nitrogens with zero attached hydrogens (tertiary/aromatic N) is 1. The summed E-state index contributed by atoms with van der Waals surface area (Å²) >= 11 is 1.67. The molecule has 2 rings (SSSR count). The Hall–Kier alpha value is -1.49. The van der Waals surface area contributed by atoms with Gasteiger partial charge in [-0.2, -0.15) is 0 Å². The van der Waals surface area contributed by atoms with Gasteiger partial charge in [0.1, 0.15) is 0 Å². The molecular formula is C15H20N2O2S. The number of hydrogen-bond donors (Lipinski definition) is 1. The van der Waals surface area contributed by atoms with Crippen molar-refractivity contribution in [3.63, 3.8) is 0 Å². The first kappa shape index (κ1) is 14.9. The zero-order chi connectivity index (χ0) is 14.7. The van der Waals surface area contributed by atoms with Crippen molar-refractivity contribution in [1.29, 1.82) is 0 Å². The molecule has 1 aromatic rings. The molecule has 1 aliphatic heterocycles. The van der Waals surface area contributed by atoms with Crippen LogP contribution in [0, 0.1) is 5.92 Å². The van der Waals surface area contributed by atoms with E-state index < -0.39 is 0 Å². The predicted molar refractivity (Wildman–Crippen MR) is 82.0 cm³/mol. The quantitative estimate of drug-likeness (QED) is 0.866. The highest BCUT2D eigenvalue weighted by Gasteiger charge is 2.35. The molecule has 20 heavy (non-hydrogen) atoms. The molecule has 1 aromatic carbocycles. The number of nitrogens with one attached hydrogen (secondary N) is 1. The van der Waals surface area contributed by atoms with E-state index in [1.807, 2.05) is 44.4 Å². The Morgan fingerprint density at radius 3 is 2.55 bits per heavy atom. The second-order valence-electron chi connectivity index (χ2n) is 5.27. The van der Waals surface area contributed by atoms with Crippen LogP contribution in [-0.4, -0.2) is 30.7 Å². The van der Waals surface area contributed by atoms with Crippen LogP contribution in [-0.2, 0) is 9.59 Å². The zero-order valence-corrected chi connectivity index (χ0v) is 12.9. The Labute approximate surface area is 123 Å². The van der Waals surface area contributed by atoms with E-state index in [4.69, 9.17) is 0 Å². The van der Waals surface area contributed by atoms with Crippen LogP contribution < -0.4 is 10.2 Å². The summed E-state index contributed by atoms with van der Waals surface area (Å²) in [5.74, 6) is -0.257. The standard InChI is InChI=1S/C15H20N2O2S/c1-10(2)16-15(19)11-8-14(18)17(9-11)12-4-6-13(20-3)7-5-12/h4-7,10-11H,8-9H2,1-3H3,(H,16,19)/t11-/m0/s1. The van der Waals surface area contributed by atoms with Gasteiger partial charge in [-0.3, -0.25) is 9.59 Å². The molecule has 1 aliphatic rings. The first-order valence-corrected chi connectivity index (χ1v) is 7.98. The topological polar surface area (TPSA) is 49.4 Å². The third kappa shape index (κ3) is 3.33. The van der Waals surface area contributed by atoms with Crippen molar-refractivity contribution >= 4 is 29.3 Å². The molecule has 1 N–H and O–H groups in total. The summed E-state index contributed by atoms with van der Waals surface area (Å²) in [6.07, 6.45) is 2.31. The molecule has 1 saturated heterocycles. The van der Waals surface area contributed by atoms with Crippen LogP contribution >= 0.6 is 11.8 Å². The van der Waals surface area contributed by atoms with E-state index in [0.717, 1.165) is 10.6 Å². The Kier molecular flexibility index (Phi) is 4.70. The number of thioether (sulfide) groups is 1. The van der Waals surface area contributed by atoms with Crippen LogP contribution in [0.4, 0.5) is 5.69 Å². The summed E-state index contributed by atoms with van der Waals surface area (Å²) in [6.45, 7) is 4.32. The summed E-state index contributed by atoms with van der Waals surface area (Å²) in [4.78, 5) is 26.9. The SMILES string of the molecule is CSc1ccc(N2C[C@@H](C(=O)NC(C)C)CC2=O)cc1. The molecule has 4 nitrogen and oxygen atoms in total. The second-order valence-corrected chi connectivity index (χ2v) is 6.15. The number of rotatable bonds is 4. The Balaban J connectivity index is 2.06. The molecule has 0 spiro atoms. The van der Waals surface area contributed by atoms with Gasteiger partial charge in [-0.1, -0.05) is 0 Å². The number of anilines is 1. The average molecular weight is 292 g/mol. The third-order valence-electron chi connectivity index (χ3n) is 3.31. The number of benzene rings is 1. The molecule has 0 aromatic heterocycles. The van der Waals surface area contributed by atoms with Gasteiger partial charge in [-0.05, 0) is 44.4 Å². The summed E-state index contributed by atoms with van der Waals surface area (Å²) in [6, 6.07) is 7.97. The molecule has 1 atom stereocenters. The van der Waals surface area contributed by atoms with Crippen molar-refractivity contribution in [2.75, 3.05) is 17.7 Å². The molecule has 0 aliphatic carbocycles. The van der Waals surface area contributed by atoms with Gasteiger partial charge in [0, 0.05) is 29.6 Å². The summed E-state index contributed by atoms with van der Waals surface area (Å²) < 4.78 is 0. The van der Waals surface area contributed by atoms with Crippen molar-refractivity contribution in [3.8, 4) is 0 Å². The van der Waals surface area contributed by atoms with E-state index in [2.05, 4.69) is 5.32 Å². The third-order valence-corrected chi connectivity index (χ3v) is 4.05. The van der Waals surface area contributed by atoms with Crippen LogP contribution in [0.3, 0.4) is 0 Å². The normalized spacial score (nSPS) is 18.7. The zero-order valence-electron chi connectivity index (χ0n) is 12.1. The summed E-state index contributed by atoms with van der Waals surface area (Å²) in [5, 5.41) is 2.87. The smallest absolute Gasteiger partial charge is 0.227 e. The van der Waals surface area contributed by atoms with Crippen molar-refractivity contribution < 1.29 is 9.59 Å². The highest BCUT2D eigenvalue weighted by molar-refractivity contribution is 7.98. The first-order chi connectivity index (χ1) is 9.51. The van der Waals surface area contributed by atoms with Crippen molar-refractivity contribution in [1.82, 2.24) is 5.32 Å². The van der Waals surface area contributed by atoms with Gasteiger partial charge in [0.25, 0.3) is 0 Å². The lowest BCUT2D eigenvalue weighted by atomic mass is 10.1. The molecule has 1 fully saturated rings. The first-order valence-electron chi connectivity index (χ1n) is 6.76. The average Bonchev–Trinajstić information content (AvgIpc) is 2.80. The van der Waals surface area contributed by atoms with Gasteiger partial charge in [0.15, 0.2) is 0 Å².